The Kier molecular flexibility index (Phi) is 3.48. The number of hydrogen-bond acceptors (Lipinski definition) is 5. The number of amides is 2. The Bertz CT molecular complexity index is 707. The van der Waals surface area contributed by atoms with Crippen molar-refractivity contribution in [3.05, 3.63) is 35.6 Å². The molecule has 23 heavy (non-hydrogen) atoms. The van der Waals surface area contributed by atoms with Gasteiger partial charge in [0.1, 0.15) is 11.4 Å². The molecule has 0 spiro atoms. The Hall–Kier alpha value is -2.28. The number of halogens is 1. The van der Waals surface area contributed by atoms with Crippen molar-refractivity contribution in [2.24, 2.45) is 11.8 Å². The highest BCUT2D eigenvalue weighted by atomic mass is 19.1. The molecule has 0 radical (unpaired) electrons. The second kappa shape index (κ2) is 5.13. The van der Waals surface area contributed by atoms with Crippen LogP contribution in [0.4, 0.5) is 4.39 Å². The quantitative estimate of drug-likeness (QED) is 0.639. The number of ether oxygens (including phenoxy) is 1. The summed E-state index contributed by atoms with van der Waals surface area (Å²) in [4.78, 5) is 38.2. The van der Waals surface area contributed by atoms with Crippen LogP contribution in [0.15, 0.2) is 24.3 Å². The Morgan fingerprint density at radius 3 is 2.57 bits per heavy atom. The largest absolute Gasteiger partial charge is 0.468 e. The van der Waals surface area contributed by atoms with Crippen molar-refractivity contribution in [3.63, 3.8) is 0 Å². The van der Waals surface area contributed by atoms with Crippen LogP contribution < -0.4 is 5.32 Å². The maximum absolute atomic E-state index is 14.2. The van der Waals surface area contributed by atoms with E-state index in [9.17, 15) is 18.8 Å². The van der Waals surface area contributed by atoms with E-state index in [1.165, 1.54) is 27.1 Å². The molecule has 1 N–H and O–H groups in total. The molecule has 2 saturated heterocycles. The number of fused-ring (bicyclic) bond motifs is 1. The average Bonchev–Trinajstić information content (AvgIpc) is 2.97. The topological polar surface area (TPSA) is 75.7 Å². The number of methoxy groups -OCH3 is 1. The smallest absolute Gasteiger partial charge is 0.326 e. The molecule has 2 aliphatic heterocycles. The van der Waals surface area contributed by atoms with Gasteiger partial charge in [-0.15, -0.1) is 0 Å². The third-order valence-corrected chi connectivity index (χ3v) is 4.86. The van der Waals surface area contributed by atoms with Gasteiger partial charge in [-0.1, -0.05) is 18.2 Å². The minimum absolute atomic E-state index is 0.256. The summed E-state index contributed by atoms with van der Waals surface area (Å²) in [5, 5.41) is 2.98. The number of imide groups is 1. The molecule has 6 nitrogen and oxygen atoms in total. The number of nitrogens with one attached hydrogen (secondary N) is 1. The number of benzene rings is 1. The summed E-state index contributed by atoms with van der Waals surface area (Å²) in [5.74, 6) is -3.78. The first-order valence-corrected chi connectivity index (χ1v) is 7.25. The highest BCUT2D eigenvalue weighted by Gasteiger charge is 2.66. The standard InChI is InChI=1S/C16H17FN2O4/c1-16(15(22)23-3)11-10(13(20)19(2)14(11)21)12(18-16)8-6-4-5-7-9(8)17/h4-7,10-12,18H,1-3H3/t10-,11+,12-,16+/m0/s1. The van der Waals surface area contributed by atoms with Crippen LogP contribution in [0.3, 0.4) is 0 Å². The second-order valence-corrected chi connectivity index (χ2v) is 6.08. The van der Waals surface area contributed by atoms with Crippen LogP contribution in [0.2, 0.25) is 0 Å². The van der Waals surface area contributed by atoms with Crippen molar-refractivity contribution < 1.29 is 23.5 Å². The van der Waals surface area contributed by atoms with Gasteiger partial charge in [-0.3, -0.25) is 24.6 Å². The Balaban J connectivity index is 2.14. The van der Waals surface area contributed by atoms with Gasteiger partial charge in [0.2, 0.25) is 11.8 Å². The molecule has 0 aliphatic carbocycles. The van der Waals surface area contributed by atoms with E-state index in [4.69, 9.17) is 4.74 Å². The summed E-state index contributed by atoms with van der Waals surface area (Å²) >= 11 is 0. The summed E-state index contributed by atoms with van der Waals surface area (Å²) in [6.45, 7) is 1.52. The van der Waals surface area contributed by atoms with Crippen molar-refractivity contribution in [2.75, 3.05) is 14.2 Å². The van der Waals surface area contributed by atoms with Crippen molar-refractivity contribution in [1.29, 1.82) is 0 Å². The molecule has 2 fully saturated rings. The van der Waals surface area contributed by atoms with Gasteiger partial charge in [-0.05, 0) is 13.0 Å². The lowest BCUT2D eigenvalue weighted by atomic mass is 9.80. The number of likely N-dealkylation sites (tertiary alicyclic amines) is 1. The molecule has 4 atom stereocenters. The molecular formula is C16H17FN2O4. The monoisotopic (exact) mass is 320 g/mol. The lowest BCUT2D eigenvalue weighted by molar-refractivity contribution is -0.152. The van der Waals surface area contributed by atoms with Gasteiger partial charge in [0.15, 0.2) is 0 Å². The van der Waals surface area contributed by atoms with Crippen molar-refractivity contribution in [1.82, 2.24) is 10.2 Å². The molecule has 3 rings (SSSR count). The first-order chi connectivity index (χ1) is 10.8. The third-order valence-electron chi connectivity index (χ3n) is 4.86. The lowest BCUT2D eigenvalue weighted by Crippen LogP contribution is -2.53. The van der Waals surface area contributed by atoms with Crippen LogP contribution in [0.1, 0.15) is 18.5 Å². The van der Waals surface area contributed by atoms with E-state index in [-0.39, 0.29) is 5.56 Å². The summed E-state index contributed by atoms with van der Waals surface area (Å²) in [6.07, 6.45) is 0. The lowest BCUT2D eigenvalue weighted by Gasteiger charge is -2.27. The molecule has 0 aromatic heterocycles. The summed E-state index contributed by atoms with van der Waals surface area (Å²) in [6, 6.07) is 5.24. The normalized spacial score (nSPS) is 33.0. The van der Waals surface area contributed by atoms with E-state index >= 15 is 0 Å². The predicted octanol–water partition coefficient (Wildman–Crippen LogP) is 0.633. The van der Waals surface area contributed by atoms with Gasteiger partial charge < -0.3 is 4.74 Å². The molecule has 2 amide bonds. The summed E-state index contributed by atoms with van der Waals surface area (Å²) in [7, 11) is 2.59. The molecule has 0 saturated carbocycles. The maximum Gasteiger partial charge on any atom is 0.326 e. The Morgan fingerprint density at radius 2 is 1.96 bits per heavy atom. The highest BCUT2D eigenvalue weighted by Crippen LogP contribution is 2.48. The molecule has 0 unspecified atom stereocenters. The van der Waals surface area contributed by atoms with E-state index in [0.717, 1.165) is 4.90 Å². The Morgan fingerprint density at radius 1 is 1.30 bits per heavy atom. The molecule has 7 heteroatoms. The van der Waals surface area contributed by atoms with E-state index in [1.807, 2.05) is 0 Å². The van der Waals surface area contributed by atoms with Crippen LogP contribution >= 0.6 is 0 Å². The fourth-order valence-electron chi connectivity index (χ4n) is 3.68. The number of carbonyl (C=O) groups is 3. The van der Waals surface area contributed by atoms with Gasteiger partial charge in [-0.25, -0.2) is 4.39 Å². The van der Waals surface area contributed by atoms with E-state index < -0.39 is 47.0 Å². The zero-order valence-electron chi connectivity index (χ0n) is 13.0. The number of carbonyl (C=O) groups excluding carboxylic acids is 3. The number of esters is 1. The van der Waals surface area contributed by atoms with Crippen LogP contribution in [-0.2, 0) is 19.1 Å². The first-order valence-electron chi connectivity index (χ1n) is 7.25. The minimum Gasteiger partial charge on any atom is -0.468 e. The molecular weight excluding hydrogens is 303 g/mol. The molecule has 0 bridgehead atoms. The molecule has 2 aliphatic rings. The van der Waals surface area contributed by atoms with E-state index in [1.54, 1.807) is 18.2 Å². The van der Waals surface area contributed by atoms with Crippen molar-refractivity contribution in [2.45, 2.75) is 18.5 Å². The van der Waals surface area contributed by atoms with Crippen LogP contribution in [0.25, 0.3) is 0 Å². The molecule has 1 aromatic carbocycles. The third kappa shape index (κ3) is 1.99. The predicted molar refractivity (Wildman–Crippen MR) is 77.5 cm³/mol. The van der Waals surface area contributed by atoms with Crippen molar-refractivity contribution in [3.8, 4) is 0 Å². The van der Waals surface area contributed by atoms with Crippen molar-refractivity contribution >= 4 is 17.8 Å². The van der Waals surface area contributed by atoms with Crippen LogP contribution in [-0.4, -0.2) is 42.4 Å². The SMILES string of the molecule is COC(=O)[C@]1(C)N[C@@H](c2ccccc2F)[C@H]2C(=O)N(C)C(=O)[C@@H]21. The molecule has 122 valence electrons. The highest BCUT2D eigenvalue weighted by molar-refractivity contribution is 6.09. The van der Waals surface area contributed by atoms with Gasteiger partial charge in [0, 0.05) is 18.7 Å². The maximum atomic E-state index is 14.2. The number of hydrogen-bond donors (Lipinski definition) is 1. The van der Waals surface area contributed by atoms with Gasteiger partial charge in [0.25, 0.3) is 0 Å². The fraction of sp³-hybridized carbons (Fsp3) is 0.438. The average molecular weight is 320 g/mol. The van der Waals surface area contributed by atoms with Gasteiger partial charge in [-0.2, -0.15) is 0 Å². The zero-order chi connectivity index (χ0) is 16.9. The van der Waals surface area contributed by atoms with Gasteiger partial charge >= 0.3 is 5.97 Å². The summed E-state index contributed by atoms with van der Waals surface area (Å²) < 4.78 is 19.0. The Labute approximate surface area is 132 Å². The molecule has 1 aromatic rings. The fourth-order valence-corrected chi connectivity index (χ4v) is 3.68. The first kappa shape index (κ1) is 15.6. The van der Waals surface area contributed by atoms with Crippen LogP contribution in [0, 0.1) is 17.7 Å². The summed E-state index contributed by atoms with van der Waals surface area (Å²) in [5.41, 5.74) is -1.13. The number of rotatable bonds is 2. The second-order valence-electron chi connectivity index (χ2n) is 6.08. The zero-order valence-corrected chi connectivity index (χ0v) is 13.0. The minimum atomic E-state index is -1.39. The van der Waals surface area contributed by atoms with E-state index in [0.29, 0.717) is 0 Å². The number of nitrogens with zero attached hydrogens (tertiary/aromatic N) is 1. The van der Waals surface area contributed by atoms with Crippen LogP contribution in [0.5, 0.6) is 0 Å². The van der Waals surface area contributed by atoms with E-state index in [2.05, 4.69) is 5.32 Å². The van der Waals surface area contributed by atoms with Gasteiger partial charge in [0.05, 0.1) is 18.9 Å². The molecule has 2 heterocycles.